The lowest BCUT2D eigenvalue weighted by molar-refractivity contribution is -0.0476. The van der Waals surface area contributed by atoms with Gasteiger partial charge >= 0.3 is 5.97 Å². The van der Waals surface area contributed by atoms with E-state index in [1.165, 1.54) is 6.07 Å². The maximum Gasteiger partial charge on any atom is 0.335 e. The van der Waals surface area contributed by atoms with Gasteiger partial charge in [-0.15, -0.1) is 0 Å². The molecule has 1 aromatic rings. The molecule has 0 saturated heterocycles. The SMILES string of the molecule is Cc1cc(C2=NOC(C)(C)C2O)ccc1C(=O)O. The highest BCUT2D eigenvalue weighted by molar-refractivity contribution is 6.05. The van der Waals surface area contributed by atoms with Gasteiger partial charge in [-0.1, -0.05) is 11.2 Å². The van der Waals surface area contributed by atoms with Crippen LogP contribution < -0.4 is 0 Å². The van der Waals surface area contributed by atoms with Crippen molar-refractivity contribution in [1.82, 2.24) is 0 Å². The van der Waals surface area contributed by atoms with E-state index >= 15 is 0 Å². The monoisotopic (exact) mass is 249 g/mol. The molecule has 1 aromatic carbocycles. The number of aliphatic hydroxyl groups excluding tert-OH is 1. The summed E-state index contributed by atoms with van der Waals surface area (Å²) in [6.45, 7) is 5.19. The minimum Gasteiger partial charge on any atom is -0.478 e. The van der Waals surface area contributed by atoms with E-state index in [1.54, 1.807) is 32.9 Å². The molecule has 2 rings (SSSR count). The molecule has 1 heterocycles. The fourth-order valence-corrected chi connectivity index (χ4v) is 1.87. The zero-order valence-electron chi connectivity index (χ0n) is 10.5. The number of carboxylic acid groups (broad SMARTS) is 1. The lowest BCUT2D eigenvalue weighted by Gasteiger charge is -2.20. The van der Waals surface area contributed by atoms with Crippen LogP contribution in [0.2, 0.25) is 0 Å². The summed E-state index contributed by atoms with van der Waals surface area (Å²) in [5.74, 6) is -0.968. The molecular formula is C13H15NO4. The minimum absolute atomic E-state index is 0.243. The first-order valence-corrected chi connectivity index (χ1v) is 5.61. The molecule has 5 nitrogen and oxygen atoms in total. The second kappa shape index (κ2) is 4.10. The number of aryl methyl sites for hydroxylation is 1. The van der Waals surface area contributed by atoms with Crippen molar-refractivity contribution in [2.75, 3.05) is 0 Å². The standard InChI is InChI=1S/C13H15NO4/c1-7-6-8(4-5-9(7)12(16)17)10-11(15)13(2,3)18-14-10/h4-6,11,15H,1-3H3,(H,16,17). The topological polar surface area (TPSA) is 79.1 Å². The third-order valence-electron chi connectivity index (χ3n) is 3.05. The van der Waals surface area contributed by atoms with Crippen molar-refractivity contribution < 1.29 is 19.8 Å². The summed E-state index contributed by atoms with van der Waals surface area (Å²) in [6, 6.07) is 4.83. The number of oxime groups is 1. The van der Waals surface area contributed by atoms with Crippen molar-refractivity contribution in [2.24, 2.45) is 5.16 Å². The van der Waals surface area contributed by atoms with E-state index in [0.717, 1.165) is 0 Å². The molecule has 1 aliphatic heterocycles. The maximum absolute atomic E-state index is 10.9. The molecule has 2 N–H and O–H groups in total. The Kier molecular flexibility index (Phi) is 2.86. The number of hydrogen-bond acceptors (Lipinski definition) is 4. The first kappa shape index (κ1) is 12.6. The van der Waals surface area contributed by atoms with Gasteiger partial charge in [0.2, 0.25) is 0 Å². The van der Waals surface area contributed by atoms with Crippen LogP contribution in [0.5, 0.6) is 0 Å². The molecule has 0 amide bonds. The summed E-state index contributed by atoms with van der Waals surface area (Å²) >= 11 is 0. The van der Waals surface area contributed by atoms with Crippen LogP contribution in [0, 0.1) is 6.92 Å². The second-order valence-corrected chi connectivity index (χ2v) is 4.91. The van der Waals surface area contributed by atoms with Gasteiger partial charge in [0.15, 0.2) is 5.60 Å². The molecule has 0 fully saturated rings. The molecule has 1 unspecified atom stereocenters. The van der Waals surface area contributed by atoms with Crippen LogP contribution in [0.3, 0.4) is 0 Å². The molecule has 0 saturated carbocycles. The maximum atomic E-state index is 10.9. The summed E-state index contributed by atoms with van der Waals surface area (Å²) in [6.07, 6.45) is -0.826. The second-order valence-electron chi connectivity index (χ2n) is 4.91. The fraction of sp³-hybridized carbons (Fsp3) is 0.385. The van der Waals surface area contributed by atoms with Gasteiger partial charge in [-0.25, -0.2) is 4.79 Å². The molecule has 0 radical (unpaired) electrons. The Morgan fingerprint density at radius 3 is 2.56 bits per heavy atom. The molecular weight excluding hydrogens is 234 g/mol. The van der Waals surface area contributed by atoms with Crippen LogP contribution in [-0.2, 0) is 4.84 Å². The lowest BCUT2D eigenvalue weighted by Crippen LogP contribution is -2.38. The fourth-order valence-electron chi connectivity index (χ4n) is 1.87. The number of aliphatic hydroxyl groups is 1. The zero-order valence-corrected chi connectivity index (χ0v) is 10.5. The van der Waals surface area contributed by atoms with Gasteiger partial charge in [-0.2, -0.15) is 0 Å². The smallest absolute Gasteiger partial charge is 0.335 e. The molecule has 0 spiro atoms. The quantitative estimate of drug-likeness (QED) is 0.833. The van der Waals surface area contributed by atoms with Crippen LogP contribution in [0.15, 0.2) is 23.4 Å². The van der Waals surface area contributed by atoms with Crippen LogP contribution in [-0.4, -0.2) is 33.6 Å². The van der Waals surface area contributed by atoms with Gasteiger partial charge in [0.25, 0.3) is 0 Å². The molecule has 18 heavy (non-hydrogen) atoms. The largest absolute Gasteiger partial charge is 0.478 e. The zero-order chi connectivity index (χ0) is 13.5. The van der Waals surface area contributed by atoms with Crippen LogP contribution in [0.4, 0.5) is 0 Å². The van der Waals surface area contributed by atoms with Gasteiger partial charge < -0.3 is 15.1 Å². The summed E-state index contributed by atoms with van der Waals surface area (Å²) in [5, 5.41) is 22.9. The normalized spacial score (nSPS) is 21.3. The lowest BCUT2D eigenvalue weighted by atomic mass is 9.92. The van der Waals surface area contributed by atoms with Gasteiger partial charge in [-0.05, 0) is 38.5 Å². The van der Waals surface area contributed by atoms with Crippen molar-refractivity contribution >= 4 is 11.7 Å². The highest BCUT2D eigenvalue weighted by Crippen LogP contribution is 2.27. The number of rotatable bonds is 2. The summed E-state index contributed by atoms with van der Waals surface area (Å²) in [7, 11) is 0. The van der Waals surface area contributed by atoms with Crippen LogP contribution >= 0.6 is 0 Å². The van der Waals surface area contributed by atoms with Crippen LogP contribution in [0.25, 0.3) is 0 Å². The van der Waals surface area contributed by atoms with Crippen LogP contribution in [0.1, 0.15) is 35.3 Å². The Bertz CT molecular complexity index is 534. The number of nitrogens with zero attached hydrogens (tertiary/aromatic N) is 1. The number of hydrogen-bond donors (Lipinski definition) is 2. The van der Waals surface area contributed by atoms with Crippen molar-refractivity contribution in [3.05, 3.63) is 34.9 Å². The average molecular weight is 249 g/mol. The number of aromatic carboxylic acids is 1. The third kappa shape index (κ3) is 1.97. The Labute approximate surface area is 105 Å². The minimum atomic E-state index is -0.968. The number of carbonyl (C=O) groups is 1. The van der Waals surface area contributed by atoms with E-state index in [-0.39, 0.29) is 5.56 Å². The highest BCUT2D eigenvalue weighted by Gasteiger charge is 2.40. The number of carboxylic acids is 1. The molecule has 96 valence electrons. The van der Waals surface area contributed by atoms with E-state index < -0.39 is 17.7 Å². The summed E-state index contributed by atoms with van der Waals surface area (Å²) in [5.41, 5.74) is 1.22. The molecule has 0 bridgehead atoms. The van der Waals surface area contributed by atoms with E-state index in [1.807, 2.05) is 0 Å². The highest BCUT2D eigenvalue weighted by atomic mass is 16.7. The Morgan fingerprint density at radius 2 is 2.11 bits per heavy atom. The number of benzene rings is 1. The summed E-state index contributed by atoms with van der Waals surface area (Å²) < 4.78 is 0. The Balaban J connectivity index is 2.37. The predicted octanol–water partition coefficient (Wildman–Crippen LogP) is 1.57. The van der Waals surface area contributed by atoms with Gasteiger partial charge in [0.05, 0.1) is 5.56 Å². The molecule has 1 aliphatic rings. The average Bonchev–Trinajstić information content (AvgIpc) is 2.53. The third-order valence-corrected chi connectivity index (χ3v) is 3.05. The Hall–Kier alpha value is -1.88. The molecule has 0 aromatic heterocycles. The van der Waals surface area contributed by atoms with Gasteiger partial charge in [-0.3, -0.25) is 0 Å². The first-order chi connectivity index (χ1) is 8.33. The van der Waals surface area contributed by atoms with Gasteiger partial charge in [0, 0.05) is 5.56 Å². The van der Waals surface area contributed by atoms with Crippen molar-refractivity contribution in [3.63, 3.8) is 0 Å². The van der Waals surface area contributed by atoms with Crippen molar-refractivity contribution in [1.29, 1.82) is 0 Å². The van der Waals surface area contributed by atoms with Crippen molar-refractivity contribution in [3.8, 4) is 0 Å². The van der Waals surface area contributed by atoms with E-state index in [2.05, 4.69) is 5.16 Å². The first-order valence-electron chi connectivity index (χ1n) is 5.61. The molecule has 1 atom stereocenters. The predicted molar refractivity (Wildman–Crippen MR) is 65.8 cm³/mol. The van der Waals surface area contributed by atoms with E-state index in [4.69, 9.17) is 9.94 Å². The van der Waals surface area contributed by atoms with E-state index in [9.17, 15) is 9.90 Å². The van der Waals surface area contributed by atoms with Crippen molar-refractivity contribution in [2.45, 2.75) is 32.5 Å². The van der Waals surface area contributed by atoms with E-state index in [0.29, 0.717) is 16.8 Å². The Morgan fingerprint density at radius 1 is 1.44 bits per heavy atom. The molecule has 0 aliphatic carbocycles. The summed E-state index contributed by atoms with van der Waals surface area (Å²) in [4.78, 5) is 16.1. The van der Waals surface area contributed by atoms with Gasteiger partial charge in [0.1, 0.15) is 11.8 Å². The molecule has 5 heteroatoms.